The topological polar surface area (TPSA) is 74.0 Å². The van der Waals surface area contributed by atoms with E-state index in [2.05, 4.69) is 15.5 Å². The van der Waals surface area contributed by atoms with Crippen LogP contribution >= 0.6 is 11.6 Å². The summed E-state index contributed by atoms with van der Waals surface area (Å²) in [5.41, 5.74) is 1.50. The van der Waals surface area contributed by atoms with Crippen molar-refractivity contribution in [3.63, 3.8) is 0 Å². The average Bonchev–Trinajstić information content (AvgIpc) is 2.96. The number of hydrogen-bond acceptors (Lipinski definition) is 4. The summed E-state index contributed by atoms with van der Waals surface area (Å²) in [5.74, 6) is -0.366. The van der Waals surface area contributed by atoms with Gasteiger partial charge in [0, 0.05) is 13.7 Å². The number of carbonyl (C=O) groups is 1. The van der Waals surface area contributed by atoms with E-state index in [0.29, 0.717) is 24.0 Å². The molecule has 1 N–H and O–H groups in total. The van der Waals surface area contributed by atoms with Crippen LogP contribution in [0.25, 0.3) is 0 Å². The van der Waals surface area contributed by atoms with Crippen molar-refractivity contribution >= 4 is 23.2 Å². The number of ether oxygens (including phenoxy) is 1. The van der Waals surface area contributed by atoms with Crippen LogP contribution in [0.2, 0.25) is 5.02 Å². The summed E-state index contributed by atoms with van der Waals surface area (Å²) in [7, 11) is 1.73. The molecule has 0 saturated heterocycles. The minimum atomic E-state index is -0.366. The van der Waals surface area contributed by atoms with Gasteiger partial charge in [0.15, 0.2) is 5.69 Å². The van der Waals surface area contributed by atoms with Crippen molar-refractivity contribution < 1.29 is 9.53 Å². The lowest BCUT2D eigenvalue weighted by molar-refractivity contribution is 0.0792. The van der Waals surface area contributed by atoms with Crippen molar-refractivity contribution in [2.24, 2.45) is 7.05 Å². The van der Waals surface area contributed by atoms with E-state index in [1.54, 1.807) is 35.7 Å². The molecule has 0 fully saturated rings. The van der Waals surface area contributed by atoms with E-state index < -0.39 is 0 Å². The third-order valence-electron chi connectivity index (χ3n) is 2.79. The molecule has 0 aromatic carbocycles. The predicted molar refractivity (Wildman–Crippen MR) is 74.8 cm³/mol. The maximum absolute atomic E-state index is 12.1. The van der Waals surface area contributed by atoms with Crippen LogP contribution in [0.5, 0.6) is 0 Å². The summed E-state index contributed by atoms with van der Waals surface area (Å²) < 4.78 is 8.36. The fourth-order valence-corrected chi connectivity index (χ4v) is 1.85. The smallest absolute Gasteiger partial charge is 0.277 e. The molecule has 108 valence electrons. The van der Waals surface area contributed by atoms with Gasteiger partial charge >= 0.3 is 0 Å². The van der Waals surface area contributed by atoms with E-state index in [9.17, 15) is 4.79 Å². The van der Waals surface area contributed by atoms with Crippen LogP contribution in [-0.4, -0.2) is 32.1 Å². The summed E-state index contributed by atoms with van der Waals surface area (Å²) in [6, 6.07) is 0. The first kappa shape index (κ1) is 14.5. The molecular formula is C12H16ClN5O2. The number of carbonyl (C=O) groups excluding carboxylic acids is 1. The number of nitrogens with zero attached hydrogens (tertiary/aromatic N) is 4. The summed E-state index contributed by atoms with van der Waals surface area (Å²) in [5, 5.41) is 11.2. The van der Waals surface area contributed by atoms with Crippen molar-refractivity contribution in [1.29, 1.82) is 0 Å². The van der Waals surface area contributed by atoms with E-state index in [1.807, 2.05) is 6.92 Å². The van der Waals surface area contributed by atoms with Crippen molar-refractivity contribution in [2.75, 3.05) is 11.9 Å². The zero-order chi connectivity index (χ0) is 14.7. The molecule has 2 heterocycles. The van der Waals surface area contributed by atoms with Gasteiger partial charge < -0.3 is 10.1 Å². The first-order valence-corrected chi connectivity index (χ1v) is 6.51. The lowest BCUT2D eigenvalue weighted by Crippen LogP contribution is -2.13. The molecule has 0 aliphatic heterocycles. The number of halogens is 1. The number of aryl methyl sites for hydroxylation is 1. The molecule has 0 atom stereocenters. The highest BCUT2D eigenvalue weighted by Gasteiger charge is 2.18. The zero-order valence-electron chi connectivity index (χ0n) is 11.6. The Balaban J connectivity index is 2.07. The first-order valence-electron chi connectivity index (χ1n) is 6.13. The van der Waals surface area contributed by atoms with Gasteiger partial charge in [-0.2, -0.15) is 10.2 Å². The predicted octanol–water partition coefficient (Wildman–Crippen LogP) is 1.82. The standard InChI is InChI=1S/C12H16ClN5O2/c1-4-20-7-18-6-9(5-14-18)15-12(19)11-10(13)8(2)17(3)16-11/h5-6H,4,7H2,1-3H3,(H,15,19). The normalized spacial score (nSPS) is 10.8. The second-order valence-corrected chi connectivity index (χ2v) is 4.59. The van der Waals surface area contributed by atoms with E-state index in [-0.39, 0.29) is 11.6 Å². The van der Waals surface area contributed by atoms with Crippen LogP contribution in [0, 0.1) is 6.92 Å². The number of rotatable bonds is 5. The molecule has 0 unspecified atom stereocenters. The minimum absolute atomic E-state index is 0.198. The third-order valence-corrected chi connectivity index (χ3v) is 3.25. The highest BCUT2D eigenvalue weighted by Crippen LogP contribution is 2.20. The van der Waals surface area contributed by atoms with Crippen molar-refractivity contribution in [2.45, 2.75) is 20.6 Å². The summed E-state index contributed by atoms with van der Waals surface area (Å²) in [4.78, 5) is 12.1. The van der Waals surface area contributed by atoms with E-state index >= 15 is 0 Å². The van der Waals surface area contributed by atoms with Gasteiger partial charge in [-0.3, -0.25) is 9.48 Å². The lowest BCUT2D eigenvalue weighted by atomic mass is 10.3. The SMILES string of the molecule is CCOCn1cc(NC(=O)c2nn(C)c(C)c2Cl)cn1. The average molecular weight is 298 g/mol. The molecule has 0 aliphatic rings. The quantitative estimate of drug-likeness (QED) is 0.913. The molecule has 8 heteroatoms. The molecule has 0 aliphatic carbocycles. The van der Waals surface area contributed by atoms with Gasteiger partial charge in [-0.25, -0.2) is 4.68 Å². The Morgan fingerprint density at radius 1 is 1.55 bits per heavy atom. The molecular weight excluding hydrogens is 282 g/mol. The molecule has 2 aromatic heterocycles. The molecule has 2 rings (SSSR count). The number of amides is 1. The Kier molecular flexibility index (Phi) is 4.41. The molecule has 7 nitrogen and oxygen atoms in total. The van der Waals surface area contributed by atoms with Crippen molar-refractivity contribution in [3.8, 4) is 0 Å². The van der Waals surface area contributed by atoms with Gasteiger partial charge in [0.05, 0.1) is 28.8 Å². The minimum Gasteiger partial charge on any atom is -0.360 e. The molecule has 0 spiro atoms. The second-order valence-electron chi connectivity index (χ2n) is 4.22. The number of aromatic nitrogens is 4. The van der Waals surface area contributed by atoms with Crippen LogP contribution in [-0.2, 0) is 18.5 Å². The third kappa shape index (κ3) is 3.00. The Labute approximate surface area is 121 Å². The summed E-state index contributed by atoms with van der Waals surface area (Å²) in [6.45, 7) is 4.64. The van der Waals surface area contributed by atoms with Gasteiger partial charge in [-0.05, 0) is 13.8 Å². The van der Waals surface area contributed by atoms with Crippen LogP contribution in [0.1, 0.15) is 23.1 Å². The molecule has 0 saturated carbocycles. The second kappa shape index (κ2) is 6.06. The number of anilines is 1. The molecule has 0 bridgehead atoms. The number of nitrogens with one attached hydrogen (secondary N) is 1. The van der Waals surface area contributed by atoms with Gasteiger partial charge in [-0.1, -0.05) is 11.6 Å². The van der Waals surface area contributed by atoms with Crippen LogP contribution in [0.3, 0.4) is 0 Å². The Morgan fingerprint density at radius 2 is 2.30 bits per heavy atom. The molecule has 1 amide bonds. The van der Waals surface area contributed by atoms with Crippen molar-refractivity contribution in [3.05, 3.63) is 28.8 Å². The zero-order valence-corrected chi connectivity index (χ0v) is 12.3. The summed E-state index contributed by atoms with van der Waals surface area (Å²) in [6.07, 6.45) is 3.22. The van der Waals surface area contributed by atoms with E-state index in [1.165, 1.54) is 0 Å². The highest BCUT2D eigenvalue weighted by molar-refractivity contribution is 6.34. The van der Waals surface area contributed by atoms with Crippen LogP contribution in [0.4, 0.5) is 5.69 Å². The van der Waals surface area contributed by atoms with Crippen molar-refractivity contribution in [1.82, 2.24) is 19.6 Å². The van der Waals surface area contributed by atoms with Gasteiger partial charge in [0.2, 0.25) is 0 Å². The maximum Gasteiger partial charge on any atom is 0.277 e. The van der Waals surface area contributed by atoms with Gasteiger partial charge in [0.1, 0.15) is 6.73 Å². The molecule has 0 radical (unpaired) electrons. The van der Waals surface area contributed by atoms with Crippen LogP contribution in [0.15, 0.2) is 12.4 Å². The first-order chi connectivity index (χ1) is 9.52. The lowest BCUT2D eigenvalue weighted by Gasteiger charge is -2.01. The Hall–Kier alpha value is -1.86. The molecule has 2 aromatic rings. The highest BCUT2D eigenvalue weighted by atomic mass is 35.5. The monoisotopic (exact) mass is 297 g/mol. The summed E-state index contributed by atoms with van der Waals surface area (Å²) >= 11 is 6.06. The number of hydrogen-bond donors (Lipinski definition) is 1. The molecule has 20 heavy (non-hydrogen) atoms. The van der Waals surface area contributed by atoms with Gasteiger partial charge in [-0.15, -0.1) is 0 Å². The largest absolute Gasteiger partial charge is 0.360 e. The van der Waals surface area contributed by atoms with Crippen LogP contribution < -0.4 is 5.32 Å². The fourth-order valence-electron chi connectivity index (χ4n) is 1.60. The fraction of sp³-hybridized carbons (Fsp3) is 0.417. The van der Waals surface area contributed by atoms with Gasteiger partial charge in [0.25, 0.3) is 5.91 Å². The maximum atomic E-state index is 12.1. The van der Waals surface area contributed by atoms with E-state index in [0.717, 1.165) is 5.69 Å². The Bertz CT molecular complexity index is 619. The Morgan fingerprint density at radius 3 is 2.90 bits per heavy atom. The van der Waals surface area contributed by atoms with E-state index in [4.69, 9.17) is 16.3 Å².